The number of hydrogen-bond donors (Lipinski definition) is 1. The van der Waals surface area contributed by atoms with Crippen LogP contribution in [0.2, 0.25) is 0 Å². The van der Waals surface area contributed by atoms with Gasteiger partial charge in [0.1, 0.15) is 5.76 Å². The third-order valence-electron chi connectivity index (χ3n) is 4.12. The summed E-state index contributed by atoms with van der Waals surface area (Å²) in [5.74, 6) is 1.16. The summed E-state index contributed by atoms with van der Waals surface area (Å²) in [6, 6.07) is 4.02. The maximum Gasteiger partial charge on any atom is 0.177 e. The second-order valence-electron chi connectivity index (χ2n) is 5.56. The molecule has 0 saturated heterocycles. The average molecular weight is 348 g/mol. The molecular weight excluding hydrogens is 332 g/mol. The molecule has 2 N–H and O–H groups in total. The fraction of sp³-hybridized carbons (Fsp3) is 0.105. The number of allylic oxidation sites excluding steroid dienone is 2. The summed E-state index contributed by atoms with van der Waals surface area (Å²) in [5, 5.41) is 4.13. The van der Waals surface area contributed by atoms with E-state index in [2.05, 4.69) is 20.3 Å². The topological polar surface area (TPSA) is 77.3 Å². The van der Waals surface area contributed by atoms with Crippen LogP contribution >= 0.6 is 11.3 Å². The minimum absolute atomic E-state index is 0.384. The van der Waals surface area contributed by atoms with Crippen LogP contribution < -0.4 is 5.73 Å². The lowest BCUT2D eigenvalue weighted by molar-refractivity contribution is 0.632. The standard InChI is InChI=1S/C19H16N4OS/c1-3-11(7-21-2)14-8-23-19(20)18-13(14)6-16(24-18)15-10-25-17-9-22-5-4-12(15)17/h3-10H,1-2H3,(H2,20,23)/b11-3+,21-7?. The summed E-state index contributed by atoms with van der Waals surface area (Å²) in [4.78, 5) is 12.6. The summed E-state index contributed by atoms with van der Waals surface area (Å²) < 4.78 is 7.21. The predicted octanol–water partition coefficient (Wildman–Crippen LogP) is 4.79. The molecule has 0 aliphatic carbocycles. The van der Waals surface area contributed by atoms with Crippen molar-refractivity contribution >= 4 is 50.0 Å². The van der Waals surface area contributed by atoms with E-state index in [4.69, 9.17) is 10.2 Å². The van der Waals surface area contributed by atoms with Crippen LogP contribution in [-0.4, -0.2) is 23.2 Å². The van der Waals surface area contributed by atoms with E-state index in [1.54, 1.807) is 30.8 Å². The maximum atomic E-state index is 6.09. The fourth-order valence-electron chi connectivity index (χ4n) is 2.92. The molecule has 0 aliphatic rings. The molecule has 0 spiro atoms. The van der Waals surface area contributed by atoms with Crippen molar-refractivity contribution in [2.75, 3.05) is 12.8 Å². The number of aromatic nitrogens is 2. The van der Waals surface area contributed by atoms with Crippen molar-refractivity contribution in [2.45, 2.75) is 6.92 Å². The summed E-state index contributed by atoms with van der Waals surface area (Å²) in [6.45, 7) is 1.97. The zero-order chi connectivity index (χ0) is 17.4. The SMILES string of the molecule is C/C=C(\C=NC)c1cnc(N)c2oc(-c3csc4cnccc34)cc12. The lowest BCUT2D eigenvalue weighted by Crippen LogP contribution is -1.94. The van der Waals surface area contributed by atoms with Crippen molar-refractivity contribution in [3.63, 3.8) is 0 Å². The first-order chi connectivity index (χ1) is 12.2. The molecule has 4 rings (SSSR count). The minimum atomic E-state index is 0.384. The van der Waals surface area contributed by atoms with Gasteiger partial charge in [-0.15, -0.1) is 11.3 Å². The Labute approximate surface area is 148 Å². The molecule has 124 valence electrons. The lowest BCUT2D eigenvalue weighted by atomic mass is 10.0. The first-order valence-corrected chi connectivity index (χ1v) is 8.69. The van der Waals surface area contributed by atoms with Gasteiger partial charge in [0, 0.05) is 59.1 Å². The molecule has 0 fully saturated rings. The molecule has 25 heavy (non-hydrogen) atoms. The van der Waals surface area contributed by atoms with E-state index in [1.807, 2.05) is 37.5 Å². The van der Waals surface area contributed by atoms with Gasteiger partial charge in [-0.1, -0.05) is 6.08 Å². The van der Waals surface area contributed by atoms with Crippen LogP contribution in [0.15, 0.2) is 51.6 Å². The van der Waals surface area contributed by atoms with E-state index in [9.17, 15) is 0 Å². The third-order valence-corrected chi connectivity index (χ3v) is 5.05. The second kappa shape index (κ2) is 6.14. The maximum absolute atomic E-state index is 6.09. The molecule has 0 unspecified atom stereocenters. The minimum Gasteiger partial charge on any atom is -0.452 e. The Balaban J connectivity index is 1.98. The molecule has 4 heterocycles. The smallest absolute Gasteiger partial charge is 0.177 e. The summed E-state index contributed by atoms with van der Waals surface area (Å²) in [7, 11) is 1.75. The van der Waals surface area contributed by atoms with Crippen LogP contribution in [0, 0.1) is 0 Å². The zero-order valence-corrected chi connectivity index (χ0v) is 14.7. The van der Waals surface area contributed by atoms with E-state index in [1.165, 1.54) is 0 Å². The fourth-order valence-corrected chi connectivity index (χ4v) is 3.83. The number of nitrogens with zero attached hydrogens (tertiary/aromatic N) is 3. The number of fused-ring (bicyclic) bond motifs is 2. The van der Waals surface area contributed by atoms with Crippen molar-refractivity contribution in [3.8, 4) is 11.3 Å². The van der Waals surface area contributed by atoms with E-state index in [-0.39, 0.29) is 0 Å². The summed E-state index contributed by atoms with van der Waals surface area (Å²) in [6.07, 6.45) is 9.23. The molecule has 6 heteroatoms. The average Bonchev–Trinajstić information content (AvgIpc) is 3.25. The number of nitrogen functional groups attached to an aromatic ring is 1. The van der Waals surface area contributed by atoms with Crippen molar-refractivity contribution in [1.82, 2.24) is 9.97 Å². The molecule has 0 atom stereocenters. The van der Waals surface area contributed by atoms with Gasteiger partial charge in [-0.25, -0.2) is 4.98 Å². The molecule has 0 bridgehead atoms. The Kier molecular flexibility index (Phi) is 3.82. The third kappa shape index (κ3) is 2.51. The number of thiophene rings is 1. The highest BCUT2D eigenvalue weighted by Gasteiger charge is 2.17. The van der Waals surface area contributed by atoms with Crippen LogP contribution in [-0.2, 0) is 0 Å². The number of rotatable bonds is 3. The number of pyridine rings is 2. The monoisotopic (exact) mass is 348 g/mol. The van der Waals surface area contributed by atoms with Crippen LogP contribution in [0.5, 0.6) is 0 Å². The number of anilines is 1. The van der Waals surface area contributed by atoms with E-state index in [0.29, 0.717) is 11.4 Å². The molecule has 0 saturated carbocycles. The van der Waals surface area contributed by atoms with Gasteiger partial charge in [0.15, 0.2) is 11.4 Å². The van der Waals surface area contributed by atoms with Gasteiger partial charge >= 0.3 is 0 Å². The van der Waals surface area contributed by atoms with Gasteiger partial charge < -0.3 is 10.2 Å². The molecule has 4 aromatic heterocycles. The van der Waals surface area contributed by atoms with Gasteiger partial charge in [0.2, 0.25) is 0 Å². The quantitative estimate of drug-likeness (QED) is 0.540. The Bertz CT molecular complexity index is 1140. The first-order valence-electron chi connectivity index (χ1n) is 7.81. The van der Waals surface area contributed by atoms with Gasteiger partial charge in [0.05, 0.1) is 4.70 Å². The van der Waals surface area contributed by atoms with Gasteiger partial charge in [0.25, 0.3) is 0 Å². The largest absolute Gasteiger partial charge is 0.452 e. The van der Waals surface area contributed by atoms with E-state index < -0.39 is 0 Å². The Morgan fingerprint density at radius 2 is 2.20 bits per heavy atom. The van der Waals surface area contributed by atoms with Crippen molar-refractivity contribution in [1.29, 1.82) is 0 Å². The normalized spacial score (nSPS) is 12.6. The van der Waals surface area contributed by atoms with Crippen LogP contribution in [0.4, 0.5) is 5.82 Å². The van der Waals surface area contributed by atoms with Gasteiger partial charge in [-0.05, 0) is 24.6 Å². The highest BCUT2D eigenvalue weighted by molar-refractivity contribution is 7.17. The lowest BCUT2D eigenvalue weighted by Gasteiger charge is -2.03. The van der Waals surface area contributed by atoms with Gasteiger partial charge in [-0.3, -0.25) is 9.98 Å². The van der Waals surface area contributed by atoms with Crippen LogP contribution in [0.1, 0.15) is 12.5 Å². The van der Waals surface area contributed by atoms with Crippen LogP contribution in [0.3, 0.4) is 0 Å². The van der Waals surface area contributed by atoms with Crippen molar-refractivity contribution in [3.05, 3.63) is 47.7 Å². The first kappa shape index (κ1) is 15.5. The molecule has 0 radical (unpaired) electrons. The van der Waals surface area contributed by atoms with Crippen molar-refractivity contribution in [2.24, 2.45) is 4.99 Å². The summed E-state index contributed by atoms with van der Waals surface area (Å²) in [5.41, 5.74) is 9.62. The summed E-state index contributed by atoms with van der Waals surface area (Å²) >= 11 is 1.64. The molecular formula is C19H16N4OS. The molecule has 0 aromatic carbocycles. The highest BCUT2D eigenvalue weighted by atomic mass is 32.1. The molecule has 0 amide bonds. The second-order valence-corrected chi connectivity index (χ2v) is 6.47. The zero-order valence-electron chi connectivity index (χ0n) is 13.9. The Morgan fingerprint density at radius 1 is 1.32 bits per heavy atom. The molecule has 4 aromatic rings. The Morgan fingerprint density at radius 3 is 3.00 bits per heavy atom. The highest BCUT2D eigenvalue weighted by Crippen LogP contribution is 2.39. The van der Waals surface area contributed by atoms with E-state index >= 15 is 0 Å². The van der Waals surface area contributed by atoms with E-state index in [0.717, 1.165) is 37.9 Å². The number of aliphatic imine (C=N–C) groups is 1. The number of nitrogens with two attached hydrogens (primary N) is 1. The van der Waals surface area contributed by atoms with Crippen LogP contribution in [0.25, 0.3) is 38.0 Å². The van der Waals surface area contributed by atoms with Crippen molar-refractivity contribution < 1.29 is 4.42 Å². The van der Waals surface area contributed by atoms with Gasteiger partial charge in [-0.2, -0.15) is 0 Å². The molecule has 5 nitrogen and oxygen atoms in total. The Hall–Kier alpha value is -2.99. The molecule has 0 aliphatic heterocycles. The predicted molar refractivity (Wildman–Crippen MR) is 105 cm³/mol. The number of furan rings is 1. The number of hydrogen-bond acceptors (Lipinski definition) is 6.